The van der Waals surface area contributed by atoms with Gasteiger partial charge in [-0.3, -0.25) is 0 Å². The highest BCUT2D eigenvalue weighted by Gasteiger charge is 2.29. The van der Waals surface area contributed by atoms with Crippen LogP contribution in [0.1, 0.15) is 24.6 Å². The van der Waals surface area contributed by atoms with Crippen LogP contribution in [-0.4, -0.2) is 43.6 Å². The van der Waals surface area contributed by atoms with E-state index < -0.39 is 10.0 Å². The lowest BCUT2D eigenvalue weighted by molar-refractivity contribution is 0.0946. The van der Waals surface area contributed by atoms with Crippen molar-refractivity contribution in [2.24, 2.45) is 0 Å². The first-order valence-corrected chi connectivity index (χ1v) is 8.70. The van der Waals surface area contributed by atoms with Gasteiger partial charge in [-0.05, 0) is 24.3 Å². The normalized spacial score (nSPS) is 20.3. The van der Waals surface area contributed by atoms with Crippen LogP contribution in [0.25, 0.3) is 0 Å². The van der Waals surface area contributed by atoms with E-state index in [0.717, 1.165) is 12.8 Å². The fraction of sp³-hybridized carbons (Fsp3) is 0.667. The van der Waals surface area contributed by atoms with Gasteiger partial charge >= 0.3 is 0 Å². The van der Waals surface area contributed by atoms with Gasteiger partial charge in [0, 0.05) is 24.6 Å². The van der Waals surface area contributed by atoms with Gasteiger partial charge in [0.1, 0.15) is 0 Å². The molecule has 0 bridgehead atoms. The van der Waals surface area contributed by atoms with Crippen LogP contribution in [0.15, 0.2) is 16.3 Å². The summed E-state index contributed by atoms with van der Waals surface area (Å²) >= 11 is 1.26. The summed E-state index contributed by atoms with van der Waals surface area (Å²) in [6.07, 6.45) is 1.89. The maximum absolute atomic E-state index is 12.6. The molecular formula is C12H19NO4S2. The standard InChI is InChI=1S/C12H19NO4S2/c1-2-13(8-10-4-3-6-17-10)19(15,16)12-5-7-18-11(12)9-14/h5,7,10,14H,2-4,6,8-9H2,1H3. The Labute approximate surface area is 117 Å². The second-order valence-corrected chi connectivity index (χ2v) is 7.36. The molecule has 7 heteroatoms. The Morgan fingerprint density at radius 3 is 2.95 bits per heavy atom. The van der Waals surface area contributed by atoms with Crippen LogP contribution in [0.4, 0.5) is 0 Å². The van der Waals surface area contributed by atoms with Crippen molar-refractivity contribution < 1.29 is 18.3 Å². The molecule has 0 saturated carbocycles. The predicted molar refractivity (Wildman–Crippen MR) is 73.6 cm³/mol. The molecule has 1 saturated heterocycles. The van der Waals surface area contributed by atoms with Gasteiger partial charge in [-0.25, -0.2) is 8.42 Å². The number of hydrogen-bond donors (Lipinski definition) is 1. The van der Waals surface area contributed by atoms with Gasteiger partial charge in [-0.1, -0.05) is 6.92 Å². The number of nitrogens with zero attached hydrogens (tertiary/aromatic N) is 1. The van der Waals surface area contributed by atoms with Gasteiger partial charge in [-0.15, -0.1) is 11.3 Å². The molecule has 2 rings (SSSR count). The monoisotopic (exact) mass is 305 g/mol. The lowest BCUT2D eigenvalue weighted by Crippen LogP contribution is -2.37. The largest absolute Gasteiger partial charge is 0.391 e. The maximum atomic E-state index is 12.6. The first kappa shape index (κ1) is 14.9. The van der Waals surface area contributed by atoms with Gasteiger partial charge in [-0.2, -0.15) is 4.31 Å². The minimum absolute atomic E-state index is 0.00839. The summed E-state index contributed by atoms with van der Waals surface area (Å²) in [6, 6.07) is 1.56. The molecule has 0 amide bonds. The van der Waals surface area contributed by atoms with Crippen molar-refractivity contribution in [3.8, 4) is 0 Å². The molecule has 0 radical (unpaired) electrons. The van der Waals surface area contributed by atoms with Crippen LogP contribution in [-0.2, 0) is 21.4 Å². The van der Waals surface area contributed by atoms with Crippen molar-refractivity contribution in [1.82, 2.24) is 4.31 Å². The summed E-state index contributed by atoms with van der Waals surface area (Å²) in [7, 11) is -3.53. The molecule has 0 spiro atoms. The molecule has 19 heavy (non-hydrogen) atoms. The van der Waals surface area contributed by atoms with Crippen LogP contribution in [0.2, 0.25) is 0 Å². The first-order chi connectivity index (χ1) is 9.09. The van der Waals surface area contributed by atoms with Crippen molar-refractivity contribution in [3.05, 3.63) is 16.3 Å². The highest BCUT2D eigenvalue weighted by Crippen LogP contribution is 2.26. The summed E-state index contributed by atoms with van der Waals surface area (Å²) in [6.45, 7) is 3.08. The second-order valence-electron chi connectivity index (χ2n) is 4.46. The second kappa shape index (κ2) is 6.32. The molecule has 1 fully saturated rings. The molecule has 1 aliphatic heterocycles. The number of aliphatic hydroxyl groups is 1. The van der Waals surface area contributed by atoms with Crippen LogP contribution in [0.5, 0.6) is 0 Å². The lowest BCUT2D eigenvalue weighted by atomic mass is 10.2. The third-order valence-corrected chi connectivity index (χ3v) is 6.31. The zero-order valence-corrected chi connectivity index (χ0v) is 12.5. The van der Waals surface area contributed by atoms with Crippen molar-refractivity contribution in [2.75, 3.05) is 19.7 Å². The molecule has 1 unspecified atom stereocenters. The van der Waals surface area contributed by atoms with E-state index in [9.17, 15) is 13.5 Å². The summed E-state index contributed by atoms with van der Waals surface area (Å²) in [4.78, 5) is 0.714. The number of aliphatic hydroxyl groups excluding tert-OH is 1. The Kier molecular flexibility index (Phi) is 4.97. The molecule has 1 N–H and O–H groups in total. The molecule has 1 aliphatic rings. The third kappa shape index (κ3) is 3.17. The van der Waals surface area contributed by atoms with E-state index >= 15 is 0 Å². The Hall–Kier alpha value is -0.470. The van der Waals surface area contributed by atoms with E-state index in [1.807, 2.05) is 6.92 Å². The van der Waals surface area contributed by atoms with Crippen molar-refractivity contribution in [1.29, 1.82) is 0 Å². The van der Waals surface area contributed by atoms with Crippen molar-refractivity contribution in [3.63, 3.8) is 0 Å². The van der Waals surface area contributed by atoms with Gasteiger partial charge in [0.05, 0.1) is 17.6 Å². The van der Waals surface area contributed by atoms with E-state index in [-0.39, 0.29) is 17.6 Å². The van der Waals surface area contributed by atoms with E-state index in [4.69, 9.17) is 4.74 Å². The zero-order chi connectivity index (χ0) is 13.9. The number of ether oxygens (including phenoxy) is 1. The van der Waals surface area contributed by atoms with Crippen LogP contribution < -0.4 is 0 Å². The number of rotatable bonds is 6. The SMILES string of the molecule is CCN(CC1CCCO1)S(=O)(=O)c1ccsc1CO. The molecular weight excluding hydrogens is 286 g/mol. The molecule has 1 aromatic heterocycles. The quantitative estimate of drug-likeness (QED) is 0.863. The minimum Gasteiger partial charge on any atom is -0.391 e. The summed E-state index contributed by atoms with van der Waals surface area (Å²) in [5, 5.41) is 10.9. The van der Waals surface area contributed by atoms with E-state index in [1.165, 1.54) is 15.6 Å². The molecule has 2 heterocycles. The highest BCUT2D eigenvalue weighted by molar-refractivity contribution is 7.89. The third-order valence-electron chi connectivity index (χ3n) is 3.25. The number of likely N-dealkylation sites (N-methyl/N-ethyl adjacent to an activating group) is 1. The number of thiophene rings is 1. The van der Waals surface area contributed by atoms with E-state index in [1.54, 1.807) is 11.4 Å². The minimum atomic E-state index is -3.53. The smallest absolute Gasteiger partial charge is 0.244 e. The number of sulfonamides is 1. The molecule has 1 atom stereocenters. The molecule has 0 aromatic carbocycles. The van der Waals surface area contributed by atoms with Crippen LogP contribution in [0.3, 0.4) is 0 Å². The maximum Gasteiger partial charge on any atom is 0.244 e. The van der Waals surface area contributed by atoms with E-state index in [0.29, 0.717) is 24.6 Å². The van der Waals surface area contributed by atoms with Gasteiger partial charge < -0.3 is 9.84 Å². The zero-order valence-electron chi connectivity index (χ0n) is 10.9. The molecule has 5 nitrogen and oxygen atoms in total. The highest BCUT2D eigenvalue weighted by atomic mass is 32.2. The Bertz CT molecular complexity index is 506. The Morgan fingerprint density at radius 1 is 1.58 bits per heavy atom. The summed E-state index contributed by atoms with van der Waals surface area (Å²) < 4.78 is 32.1. The average Bonchev–Trinajstić information content (AvgIpc) is 3.06. The number of hydrogen-bond acceptors (Lipinski definition) is 5. The van der Waals surface area contributed by atoms with Gasteiger partial charge in [0.2, 0.25) is 10.0 Å². The molecule has 0 aliphatic carbocycles. The van der Waals surface area contributed by atoms with Gasteiger partial charge in [0.25, 0.3) is 0 Å². The lowest BCUT2D eigenvalue weighted by Gasteiger charge is -2.23. The fourth-order valence-electron chi connectivity index (χ4n) is 2.23. The molecule has 108 valence electrons. The summed E-state index contributed by atoms with van der Waals surface area (Å²) in [5.74, 6) is 0. The Morgan fingerprint density at radius 2 is 2.37 bits per heavy atom. The van der Waals surface area contributed by atoms with Crippen LogP contribution >= 0.6 is 11.3 Å². The topological polar surface area (TPSA) is 66.8 Å². The van der Waals surface area contributed by atoms with Crippen molar-refractivity contribution in [2.45, 2.75) is 37.4 Å². The van der Waals surface area contributed by atoms with Gasteiger partial charge in [0.15, 0.2) is 0 Å². The average molecular weight is 305 g/mol. The van der Waals surface area contributed by atoms with Crippen LogP contribution in [0, 0.1) is 0 Å². The predicted octanol–water partition coefficient (Wildman–Crippen LogP) is 1.43. The molecule has 1 aromatic rings. The van der Waals surface area contributed by atoms with E-state index in [2.05, 4.69) is 0 Å². The van der Waals surface area contributed by atoms with Crippen molar-refractivity contribution >= 4 is 21.4 Å². The summed E-state index contributed by atoms with van der Waals surface area (Å²) in [5.41, 5.74) is 0. The fourth-order valence-corrected chi connectivity index (χ4v) is 4.97. The first-order valence-electron chi connectivity index (χ1n) is 6.38. The Balaban J connectivity index is 2.20.